The van der Waals surface area contributed by atoms with Gasteiger partial charge >= 0.3 is 0 Å². The highest BCUT2D eigenvalue weighted by atomic mass is 14.6. The summed E-state index contributed by atoms with van der Waals surface area (Å²) in [4.78, 5) is 0. The molecule has 1 heteroatoms. The van der Waals surface area contributed by atoms with Gasteiger partial charge in [0.05, 0.1) is 0 Å². The Morgan fingerprint density at radius 1 is 1.07 bits per heavy atom. The molecule has 0 bridgehead atoms. The molecule has 1 fully saturated rings. The summed E-state index contributed by atoms with van der Waals surface area (Å²) < 4.78 is 0. The first-order chi connectivity index (χ1) is 6.59. The molecule has 0 heterocycles. The van der Waals surface area contributed by atoms with E-state index in [1.807, 2.05) is 6.92 Å². The maximum atomic E-state index is 5.70. The van der Waals surface area contributed by atoms with E-state index in [1.54, 1.807) is 0 Å². The fourth-order valence-electron chi connectivity index (χ4n) is 2.34. The zero-order valence-electron chi connectivity index (χ0n) is 9.87. The molecule has 0 radical (unpaired) electrons. The second kappa shape index (κ2) is 5.55. The van der Waals surface area contributed by atoms with Gasteiger partial charge in [-0.25, -0.2) is 0 Å². The van der Waals surface area contributed by atoms with Crippen LogP contribution < -0.4 is 5.73 Å². The Labute approximate surface area is 88.8 Å². The summed E-state index contributed by atoms with van der Waals surface area (Å²) in [6.45, 7) is 6.74. The van der Waals surface area contributed by atoms with E-state index in [0.717, 1.165) is 17.8 Å². The molecule has 1 unspecified atom stereocenters. The van der Waals surface area contributed by atoms with Crippen molar-refractivity contribution in [1.29, 1.82) is 0 Å². The zero-order chi connectivity index (χ0) is 10.6. The smallest absolute Gasteiger partial charge is 0.0194 e. The summed E-state index contributed by atoms with van der Waals surface area (Å²) in [5, 5.41) is 0. The van der Waals surface area contributed by atoms with Gasteiger partial charge in [0.15, 0.2) is 0 Å². The van der Waals surface area contributed by atoms with E-state index >= 15 is 0 Å². The van der Waals surface area contributed by atoms with Crippen molar-refractivity contribution in [2.45, 2.75) is 52.5 Å². The topological polar surface area (TPSA) is 26.0 Å². The molecular weight excluding hydrogens is 170 g/mol. The van der Waals surface area contributed by atoms with Crippen molar-refractivity contribution in [2.24, 2.45) is 23.5 Å². The maximum Gasteiger partial charge on any atom is 0.0194 e. The summed E-state index contributed by atoms with van der Waals surface area (Å²) >= 11 is 0. The van der Waals surface area contributed by atoms with Crippen LogP contribution in [-0.4, -0.2) is 6.04 Å². The van der Waals surface area contributed by atoms with Gasteiger partial charge in [-0.05, 0) is 50.4 Å². The minimum atomic E-state index is 0.220. The Morgan fingerprint density at radius 2 is 1.64 bits per heavy atom. The Balaban J connectivity index is 2.29. The fraction of sp³-hybridized carbons (Fsp3) is 0.846. The number of allylic oxidation sites excluding steroid dienone is 1. The third kappa shape index (κ3) is 3.83. The monoisotopic (exact) mass is 195 g/mol. The van der Waals surface area contributed by atoms with Crippen molar-refractivity contribution in [3.05, 3.63) is 12.2 Å². The van der Waals surface area contributed by atoms with Gasteiger partial charge in [0.1, 0.15) is 0 Å². The van der Waals surface area contributed by atoms with Gasteiger partial charge in [0.25, 0.3) is 0 Å². The van der Waals surface area contributed by atoms with Crippen LogP contribution in [0.15, 0.2) is 12.2 Å². The summed E-state index contributed by atoms with van der Waals surface area (Å²) in [6, 6.07) is 0.220. The first-order valence-corrected chi connectivity index (χ1v) is 6.03. The molecule has 14 heavy (non-hydrogen) atoms. The van der Waals surface area contributed by atoms with Crippen molar-refractivity contribution in [1.82, 2.24) is 0 Å². The summed E-state index contributed by atoms with van der Waals surface area (Å²) in [5.41, 5.74) is 5.70. The molecule has 0 aromatic rings. The van der Waals surface area contributed by atoms with Crippen LogP contribution in [0.2, 0.25) is 0 Å². The predicted molar refractivity (Wildman–Crippen MR) is 63.1 cm³/mol. The molecule has 1 nitrogen and oxygen atoms in total. The molecule has 1 atom stereocenters. The van der Waals surface area contributed by atoms with Gasteiger partial charge in [-0.3, -0.25) is 0 Å². The van der Waals surface area contributed by atoms with Gasteiger partial charge in [0, 0.05) is 6.04 Å². The van der Waals surface area contributed by atoms with Crippen LogP contribution in [0.4, 0.5) is 0 Å². The van der Waals surface area contributed by atoms with Crippen molar-refractivity contribution in [3.63, 3.8) is 0 Å². The lowest BCUT2D eigenvalue weighted by Crippen LogP contribution is -2.18. The molecule has 1 aliphatic rings. The highest BCUT2D eigenvalue weighted by molar-refractivity contribution is 4.95. The van der Waals surface area contributed by atoms with Crippen LogP contribution in [0.5, 0.6) is 0 Å². The molecule has 0 amide bonds. The fourth-order valence-corrected chi connectivity index (χ4v) is 2.34. The maximum absolute atomic E-state index is 5.70. The summed E-state index contributed by atoms with van der Waals surface area (Å²) in [7, 11) is 0. The second-order valence-corrected chi connectivity index (χ2v) is 5.16. The third-order valence-electron chi connectivity index (χ3n) is 3.45. The molecular formula is C13H25N. The molecule has 0 aliphatic heterocycles. The number of hydrogen-bond acceptors (Lipinski definition) is 1. The minimum Gasteiger partial charge on any atom is -0.325 e. The molecule has 82 valence electrons. The van der Waals surface area contributed by atoms with Gasteiger partial charge in [-0.2, -0.15) is 0 Å². The van der Waals surface area contributed by atoms with E-state index in [1.165, 1.54) is 25.7 Å². The van der Waals surface area contributed by atoms with E-state index in [9.17, 15) is 0 Å². The quantitative estimate of drug-likeness (QED) is 0.687. The lowest BCUT2D eigenvalue weighted by molar-refractivity contribution is 0.248. The lowest BCUT2D eigenvalue weighted by atomic mass is 9.77. The van der Waals surface area contributed by atoms with Crippen molar-refractivity contribution in [2.75, 3.05) is 0 Å². The molecule has 2 N–H and O–H groups in total. The standard InChI is InChI=1S/C13H25N/c1-10(2)13-8-6-12(7-9-13)5-4-11(3)14/h4-5,10-13H,6-9,14H2,1-3H3/b5-4+. The van der Waals surface area contributed by atoms with Crippen LogP contribution in [0.25, 0.3) is 0 Å². The number of nitrogens with two attached hydrogens (primary N) is 1. The average molecular weight is 195 g/mol. The molecule has 1 rings (SSSR count). The van der Waals surface area contributed by atoms with Crippen molar-refractivity contribution >= 4 is 0 Å². The normalized spacial score (nSPS) is 31.2. The first-order valence-electron chi connectivity index (χ1n) is 6.03. The Hall–Kier alpha value is -0.300. The van der Waals surface area contributed by atoms with Crippen LogP contribution in [-0.2, 0) is 0 Å². The van der Waals surface area contributed by atoms with E-state index < -0.39 is 0 Å². The van der Waals surface area contributed by atoms with Gasteiger partial charge in [-0.1, -0.05) is 26.0 Å². The van der Waals surface area contributed by atoms with E-state index in [0.29, 0.717) is 0 Å². The highest BCUT2D eigenvalue weighted by Crippen LogP contribution is 2.33. The van der Waals surface area contributed by atoms with Crippen LogP contribution in [0, 0.1) is 17.8 Å². The van der Waals surface area contributed by atoms with Crippen LogP contribution in [0.1, 0.15) is 46.5 Å². The van der Waals surface area contributed by atoms with Crippen molar-refractivity contribution in [3.8, 4) is 0 Å². The molecule has 1 saturated carbocycles. The predicted octanol–water partition coefficient (Wildman–Crippen LogP) is 3.35. The van der Waals surface area contributed by atoms with E-state index in [2.05, 4.69) is 26.0 Å². The Bertz CT molecular complexity index is 174. The van der Waals surface area contributed by atoms with Gasteiger partial charge in [-0.15, -0.1) is 0 Å². The summed E-state index contributed by atoms with van der Waals surface area (Å²) in [5.74, 6) is 2.64. The van der Waals surface area contributed by atoms with Gasteiger partial charge < -0.3 is 5.73 Å². The van der Waals surface area contributed by atoms with E-state index in [4.69, 9.17) is 5.73 Å². The minimum absolute atomic E-state index is 0.220. The van der Waals surface area contributed by atoms with Crippen molar-refractivity contribution < 1.29 is 0 Å². The second-order valence-electron chi connectivity index (χ2n) is 5.16. The molecule has 1 aliphatic carbocycles. The Morgan fingerprint density at radius 3 is 2.07 bits per heavy atom. The SMILES string of the molecule is CC(N)/C=C/C1CCC(C(C)C)CC1. The van der Waals surface area contributed by atoms with Gasteiger partial charge in [0.2, 0.25) is 0 Å². The van der Waals surface area contributed by atoms with Crippen LogP contribution in [0.3, 0.4) is 0 Å². The number of rotatable bonds is 3. The third-order valence-corrected chi connectivity index (χ3v) is 3.45. The molecule has 0 spiro atoms. The van der Waals surface area contributed by atoms with Crippen LogP contribution >= 0.6 is 0 Å². The zero-order valence-corrected chi connectivity index (χ0v) is 9.87. The number of hydrogen-bond donors (Lipinski definition) is 1. The molecule has 0 saturated heterocycles. The largest absolute Gasteiger partial charge is 0.325 e. The Kier molecular flexibility index (Phi) is 4.67. The van der Waals surface area contributed by atoms with E-state index in [-0.39, 0.29) is 6.04 Å². The lowest BCUT2D eigenvalue weighted by Gasteiger charge is -2.29. The summed E-state index contributed by atoms with van der Waals surface area (Å²) in [6.07, 6.45) is 10.0. The first kappa shape index (κ1) is 11.8. The highest BCUT2D eigenvalue weighted by Gasteiger charge is 2.21. The average Bonchev–Trinajstić information content (AvgIpc) is 2.15. The molecule has 0 aromatic heterocycles. The molecule has 0 aromatic carbocycles.